The number of nitro benzene ring substituents is 1. The molecule has 2 rings (SSSR count). The maximum absolute atomic E-state index is 13.1. The Morgan fingerprint density at radius 3 is 2.86 bits per heavy atom. The number of nitrogens with zero attached hydrogens (tertiary/aromatic N) is 2. The molecule has 1 atom stereocenters. The third-order valence-electron chi connectivity index (χ3n) is 3.38. The third kappa shape index (κ3) is 3.13. The van der Waals surface area contributed by atoms with Crippen molar-refractivity contribution in [2.75, 3.05) is 19.0 Å². The number of amides is 2. The molecule has 1 aromatic rings. The van der Waals surface area contributed by atoms with E-state index in [1.165, 1.54) is 12.0 Å². The SMILES string of the molecule is COC(=O)N1CCC[C@H]1C(=O)Nc1ccc(F)cc1[N+](=O)[O-]. The highest BCUT2D eigenvalue weighted by Gasteiger charge is 2.35. The molecule has 1 fully saturated rings. The van der Waals surface area contributed by atoms with E-state index in [0.717, 1.165) is 18.2 Å². The average molecular weight is 311 g/mol. The molecule has 0 aliphatic carbocycles. The van der Waals surface area contributed by atoms with Crippen molar-refractivity contribution in [1.29, 1.82) is 0 Å². The van der Waals surface area contributed by atoms with Gasteiger partial charge < -0.3 is 10.1 Å². The van der Waals surface area contributed by atoms with Gasteiger partial charge in [0.15, 0.2) is 0 Å². The maximum atomic E-state index is 13.1. The van der Waals surface area contributed by atoms with Crippen LogP contribution in [0, 0.1) is 15.9 Å². The molecule has 1 heterocycles. The Hall–Kier alpha value is -2.71. The standard InChI is InChI=1S/C13H14FN3O5/c1-22-13(19)16-6-2-3-10(16)12(18)15-9-5-4-8(14)7-11(9)17(20)21/h4-5,7,10H,2-3,6H2,1H3,(H,15,18)/t10-/m0/s1. The molecule has 8 nitrogen and oxygen atoms in total. The second-order valence-electron chi connectivity index (χ2n) is 4.73. The lowest BCUT2D eigenvalue weighted by Gasteiger charge is -2.22. The van der Waals surface area contributed by atoms with E-state index < -0.39 is 34.5 Å². The summed E-state index contributed by atoms with van der Waals surface area (Å²) in [6.45, 7) is 0.371. The van der Waals surface area contributed by atoms with E-state index in [9.17, 15) is 24.1 Å². The van der Waals surface area contributed by atoms with Crippen molar-refractivity contribution < 1.29 is 23.6 Å². The molecule has 2 amide bonds. The maximum Gasteiger partial charge on any atom is 0.410 e. The van der Waals surface area contributed by atoms with E-state index in [2.05, 4.69) is 10.1 Å². The summed E-state index contributed by atoms with van der Waals surface area (Å²) >= 11 is 0. The van der Waals surface area contributed by atoms with Gasteiger partial charge in [0.2, 0.25) is 5.91 Å². The second kappa shape index (κ2) is 6.37. The number of hydrogen-bond acceptors (Lipinski definition) is 5. The van der Waals surface area contributed by atoms with Crippen LogP contribution >= 0.6 is 0 Å². The van der Waals surface area contributed by atoms with Crippen molar-refractivity contribution in [1.82, 2.24) is 4.90 Å². The van der Waals surface area contributed by atoms with Crippen LogP contribution in [0.15, 0.2) is 18.2 Å². The molecule has 1 N–H and O–H groups in total. The monoisotopic (exact) mass is 311 g/mol. The highest BCUT2D eigenvalue weighted by Crippen LogP contribution is 2.27. The molecule has 1 aliphatic heterocycles. The minimum atomic E-state index is -0.786. The quantitative estimate of drug-likeness (QED) is 0.678. The molecule has 118 valence electrons. The summed E-state index contributed by atoms with van der Waals surface area (Å²) < 4.78 is 17.7. The van der Waals surface area contributed by atoms with Crippen molar-refractivity contribution >= 4 is 23.4 Å². The normalized spacial score (nSPS) is 17.2. The molecule has 1 saturated heterocycles. The lowest BCUT2D eigenvalue weighted by atomic mass is 10.2. The Bertz CT molecular complexity index is 622. The number of carbonyl (C=O) groups is 2. The van der Waals surface area contributed by atoms with E-state index in [0.29, 0.717) is 19.4 Å². The summed E-state index contributed by atoms with van der Waals surface area (Å²) in [5.41, 5.74) is -0.663. The highest BCUT2D eigenvalue weighted by molar-refractivity contribution is 5.98. The Balaban J connectivity index is 2.19. The number of nitro groups is 1. The zero-order chi connectivity index (χ0) is 16.3. The molecule has 1 aliphatic rings. The minimum absolute atomic E-state index is 0.117. The van der Waals surface area contributed by atoms with Crippen LogP contribution in [0.25, 0.3) is 0 Å². The third-order valence-corrected chi connectivity index (χ3v) is 3.38. The summed E-state index contributed by atoms with van der Waals surface area (Å²) in [6.07, 6.45) is 0.417. The molecular formula is C13H14FN3O5. The summed E-state index contributed by atoms with van der Waals surface area (Å²) in [6, 6.07) is 2.08. The Kier molecular flexibility index (Phi) is 4.54. The molecule has 0 aromatic heterocycles. The number of rotatable bonds is 3. The van der Waals surface area contributed by atoms with Crippen LogP contribution in [0.3, 0.4) is 0 Å². The predicted molar refractivity (Wildman–Crippen MR) is 73.8 cm³/mol. The van der Waals surface area contributed by atoms with Crippen LogP contribution in [0.4, 0.5) is 20.6 Å². The molecule has 0 bridgehead atoms. The topological polar surface area (TPSA) is 102 Å². The van der Waals surface area contributed by atoms with Gasteiger partial charge in [-0.25, -0.2) is 9.18 Å². The van der Waals surface area contributed by atoms with E-state index in [1.807, 2.05) is 0 Å². The van der Waals surface area contributed by atoms with Gasteiger partial charge in [-0.1, -0.05) is 0 Å². The van der Waals surface area contributed by atoms with E-state index in [1.54, 1.807) is 0 Å². The van der Waals surface area contributed by atoms with Gasteiger partial charge in [-0.05, 0) is 25.0 Å². The van der Waals surface area contributed by atoms with E-state index in [-0.39, 0.29) is 5.69 Å². The van der Waals surface area contributed by atoms with Gasteiger partial charge >= 0.3 is 6.09 Å². The van der Waals surface area contributed by atoms with Gasteiger partial charge in [0, 0.05) is 6.54 Å². The first-order valence-electron chi connectivity index (χ1n) is 6.53. The van der Waals surface area contributed by atoms with Crippen LogP contribution < -0.4 is 5.32 Å². The Morgan fingerprint density at radius 1 is 1.50 bits per heavy atom. The molecule has 0 unspecified atom stereocenters. The van der Waals surface area contributed by atoms with Crippen molar-refractivity contribution in [2.24, 2.45) is 0 Å². The van der Waals surface area contributed by atoms with Crippen molar-refractivity contribution in [3.05, 3.63) is 34.1 Å². The number of hydrogen-bond donors (Lipinski definition) is 1. The van der Waals surface area contributed by atoms with Crippen molar-refractivity contribution in [3.8, 4) is 0 Å². The van der Waals surface area contributed by atoms with Gasteiger partial charge in [-0.15, -0.1) is 0 Å². The number of anilines is 1. The zero-order valence-electron chi connectivity index (χ0n) is 11.7. The Morgan fingerprint density at radius 2 is 2.23 bits per heavy atom. The van der Waals surface area contributed by atoms with Gasteiger partial charge in [0.1, 0.15) is 17.5 Å². The minimum Gasteiger partial charge on any atom is -0.453 e. The highest BCUT2D eigenvalue weighted by atomic mass is 19.1. The summed E-state index contributed by atoms with van der Waals surface area (Å²) in [5.74, 6) is -1.35. The molecule has 0 saturated carbocycles. The van der Waals surface area contributed by atoms with Gasteiger partial charge in [0.05, 0.1) is 18.1 Å². The van der Waals surface area contributed by atoms with E-state index >= 15 is 0 Å². The number of benzene rings is 1. The number of methoxy groups -OCH3 is 1. The average Bonchev–Trinajstić information content (AvgIpc) is 2.97. The molecule has 1 aromatic carbocycles. The lowest BCUT2D eigenvalue weighted by molar-refractivity contribution is -0.384. The van der Waals surface area contributed by atoms with E-state index in [4.69, 9.17) is 0 Å². The van der Waals surface area contributed by atoms with Crippen LogP contribution in [0.2, 0.25) is 0 Å². The smallest absolute Gasteiger partial charge is 0.410 e. The van der Waals surface area contributed by atoms with Gasteiger partial charge in [0.25, 0.3) is 5.69 Å². The van der Waals surface area contributed by atoms with Crippen molar-refractivity contribution in [2.45, 2.75) is 18.9 Å². The number of ether oxygens (including phenoxy) is 1. The van der Waals surface area contributed by atoms with Crippen LogP contribution in [-0.2, 0) is 9.53 Å². The first-order chi connectivity index (χ1) is 10.4. The predicted octanol–water partition coefficient (Wildman–Crippen LogP) is 1.90. The number of halogens is 1. The summed E-state index contributed by atoms with van der Waals surface area (Å²) in [7, 11) is 1.21. The van der Waals surface area contributed by atoms with Crippen molar-refractivity contribution in [3.63, 3.8) is 0 Å². The molecule has 0 radical (unpaired) electrons. The molecule has 22 heavy (non-hydrogen) atoms. The fraction of sp³-hybridized carbons (Fsp3) is 0.385. The zero-order valence-corrected chi connectivity index (χ0v) is 11.7. The largest absolute Gasteiger partial charge is 0.453 e. The first kappa shape index (κ1) is 15.7. The van der Waals surface area contributed by atoms with Crippen LogP contribution in [-0.4, -0.2) is 41.5 Å². The lowest BCUT2D eigenvalue weighted by Crippen LogP contribution is -2.43. The van der Waals surface area contributed by atoms with Gasteiger partial charge in [-0.3, -0.25) is 19.8 Å². The van der Waals surface area contributed by atoms with Gasteiger partial charge in [-0.2, -0.15) is 0 Å². The fourth-order valence-corrected chi connectivity index (χ4v) is 2.35. The number of likely N-dealkylation sites (tertiary alicyclic amines) is 1. The Labute approximate surface area is 125 Å². The number of carbonyl (C=O) groups excluding carboxylic acids is 2. The second-order valence-corrected chi connectivity index (χ2v) is 4.73. The summed E-state index contributed by atoms with van der Waals surface area (Å²) in [5, 5.41) is 13.3. The first-order valence-corrected chi connectivity index (χ1v) is 6.53. The molecule has 0 spiro atoms. The van der Waals surface area contributed by atoms with Crippen LogP contribution in [0.1, 0.15) is 12.8 Å². The number of nitrogens with one attached hydrogen (secondary N) is 1. The summed E-state index contributed by atoms with van der Waals surface area (Å²) in [4.78, 5) is 35.2. The molecule has 9 heteroatoms. The fourth-order valence-electron chi connectivity index (χ4n) is 2.35. The molecular weight excluding hydrogens is 297 g/mol. The van der Waals surface area contributed by atoms with Crippen LogP contribution in [0.5, 0.6) is 0 Å².